The summed E-state index contributed by atoms with van der Waals surface area (Å²) in [5.74, 6) is 0. The third kappa shape index (κ3) is 4.43. The van der Waals surface area contributed by atoms with Gasteiger partial charge in [0.05, 0.1) is 5.69 Å². The van der Waals surface area contributed by atoms with Gasteiger partial charge in [0.25, 0.3) is 0 Å². The average Bonchev–Trinajstić information content (AvgIpc) is 2.74. The van der Waals surface area contributed by atoms with Gasteiger partial charge < -0.3 is 0 Å². The molecule has 0 radical (unpaired) electrons. The van der Waals surface area contributed by atoms with Crippen molar-refractivity contribution in [1.82, 2.24) is 4.98 Å². The maximum Gasteiger partial charge on any atom is 0.319 e. The van der Waals surface area contributed by atoms with Gasteiger partial charge in [-0.15, -0.1) is 11.3 Å². The Morgan fingerprint density at radius 1 is 1.29 bits per heavy atom. The molecule has 0 unspecified atom stereocenters. The van der Waals surface area contributed by atoms with E-state index in [1.165, 1.54) is 11.3 Å². The van der Waals surface area contributed by atoms with Crippen molar-refractivity contribution in [3.63, 3.8) is 0 Å². The van der Waals surface area contributed by atoms with Gasteiger partial charge >= 0.3 is 5.37 Å². The number of rotatable bonds is 3. The van der Waals surface area contributed by atoms with Gasteiger partial charge in [-0.3, -0.25) is 10.1 Å². The van der Waals surface area contributed by atoms with Crippen LogP contribution in [0.3, 0.4) is 0 Å². The van der Waals surface area contributed by atoms with Gasteiger partial charge in [-0.1, -0.05) is 44.5 Å². The first-order chi connectivity index (χ1) is 9.75. The first-order valence-electron chi connectivity index (χ1n) is 6.47. The number of anilines is 1. The van der Waals surface area contributed by atoms with Crippen LogP contribution in [0.1, 0.15) is 36.9 Å². The summed E-state index contributed by atoms with van der Waals surface area (Å²) >= 11 is 12.7. The summed E-state index contributed by atoms with van der Waals surface area (Å²) in [4.78, 5) is 16.6. The van der Waals surface area contributed by atoms with Crippen molar-refractivity contribution in [2.45, 2.75) is 32.6 Å². The zero-order valence-electron chi connectivity index (χ0n) is 12.0. The number of carbonyl (C=O) groups excluding carboxylic acids is 1. The first kappa shape index (κ1) is 16.3. The van der Waals surface area contributed by atoms with Crippen molar-refractivity contribution in [2.24, 2.45) is 0 Å². The minimum Gasteiger partial charge on any atom is -0.288 e. The van der Waals surface area contributed by atoms with E-state index in [1.807, 2.05) is 24.3 Å². The van der Waals surface area contributed by atoms with Gasteiger partial charge in [-0.25, -0.2) is 4.98 Å². The largest absolute Gasteiger partial charge is 0.319 e. The minimum atomic E-state index is -0.623. The summed E-state index contributed by atoms with van der Waals surface area (Å²) in [6, 6.07) is 7.73. The predicted octanol–water partition coefficient (Wildman–Crippen LogP) is 5.46. The number of amides is 1. The molecular weight excluding hydrogens is 327 g/mol. The van der Waals surface area contributed by atoms with Crippen LogP contribution in [0.4, 0.5) is 9.93 Å². The van der Waals surface area contributed by atoms with Crippen molar-refractivity contribution in [3.8, 4) is 0 Å². The molecule has 0 aliphatic carbocycles. The van der Waals surface area contributed by atoms with Crippen LogP contribution in [0.25, 0.3) is 0 Å². The predicted molar refractivity (Wildman–Crippen MR) is 89.9 cm³/mol. The van der Waals surface area contributed by atoms with E-state index in [9.17, 15) is 4.79 Å². The van der Waals surface area contributed by atoms with E-state index >= 15 is 0 Å². The zero-order chi connectivity index (χ0) is 15.6. The van der Waals surface area contributed by atoms with E-state index in [0.717, 1.165) is 22.6 Å². The van der Waals surface area contributed by atoms with Gasteiger partial charge in [-0.05, 0) is 29.3 Å². The van der Waals surface area contributed by atoms with Gasteiger partial charge in [-0.2, -0.15) is 0 Å². The molecule has 2 aromatic rings. The standard InChI is InChI=1S/C15H16Cl2N2OS/c1-15(2,3)12-11(21-14(18-12)19-13(17)20)8-9-4-6-10(16)7-5-9/h4-7H,8H2,1-3H3,(H,18,19,20). The molecular formula is C15H16Cl2N2OS. The van der Waals surface area contributed by atoms with Crippen molar-refractivity contribution < 1.29 is 4.79 Å². The summed E-state index contributed by atoms with van der Waals surface area (Å²) in [6.45, 7) is 6.29. The highest BCUT2D eigenvalue weighted by atomic mass is 35.5. The molecule has 112 valence electrons. The van der Waals surface area contributed by atoms with Crippen LogP contribution < -0.4 is 5.32 Å². The number of thiazole rings is 1. The zero-order valence-corrected chi connectivity index (χ0v) is 14.4. The van der Waals surface area contributed by atoms with E-state index in [4.69, 9.17) is 23.2 Å². The van der Waals surface area contributed by atoms with Crippen molar-refractivity contribution in [2.75, 3.05) is 5.32 Å². The lowest BCUT2D eigenvalue weighted by molar-refractivity contribution is 0.269. The maximum atomic E-state index is 11.0. The van der Waals surface area contributed by atoms with Crippen LogP contribution in [0.5, 0.6) is 0 Å². The molecule has 0 saturated heterocycles. The van der Waals surface area contributed by atoms with Crippen LogP contribution >= 0.6 is 34.5 Å². The Bertz CT molecular complexity index is 645. The van der Waals surface area contributed by atoms with E-state index in [-0.39, 0.29) is 5.41 Å². The van der Waals surface area contributed by atoms with Crippen molar-refractivity contribution >= 4 is 45.0 Å². The normalized spacial score (nSPS) is 11.5. The highest BCUT2D eigenvalue weighted by Gasteiger charge is 2.23. The number of hydrogen-bond donors (Lipinski definition) is 1. The van der Waals surface area contributed by atoms with E-state index in [2.05, 4.69) is 31.1 Å². The number of hydrogen-bond acceptors (Lipinski definition) is 3. The second kappa shape index (κ2) is 6.34. The Kier molecular flexibility index (Phi) is 4.91. The summed E-state index contributed by atoms with van der Waals surface area (Å²) in [6.07, 6.45) is 0.750. The number of nitrogens with zero attached hydrogens (tertiary/aromatic N) is 1. The Labute approximate surface area is 138 Å². The molecule has 1 heterocycles. The molecule has 6 heteroatoms. The number of aromatic nitrogens is 1. The topological polar surface area (TPSA) is 42.0 Å². The molecule has 0 saturated carbocycles. The maximum absolute atomic E-state index is 11.0. The molecule has 1 aromatic heterocycles. The molecule has 0 aliphatic heterocycles. The molecule has 0 spiro atoms. The smallest absolute Gasteiger partial charge is 0.288 e. The third-order valence-corrected chi connectivity index (χ3v) is 4.21. The fraction of sp³-hybridized carbons (Fsp3) is 0.333. The molecule has 0 aliphatic rings. The lowest BCUT2D eigenvalue weighted by Crippen LogP contribution is -2.14. The van der Waals surface area contributed by atoms with Gasteiger partial charge in [0.1, 0.15) is 0 Å². The van der Waals surface area contributed by atoms with E-state index < -0.39 is 5.37 Å². The Balaban J connectivity index is 2.34. The SMILES string of the molecule is CC(C)(C)c1nc(NC(=O)Cl)sc1Cc1ccc(Cl)cc1. The van der Waals surface area contributed by atoms with Gasteiger partial charge in [0, 0.05) is 21.7 Å². The second-order valence-corrected chi connectivity index (χ2v) is 7.61. The Morgan fingerprint density at radius 3 is 2.43 bits per heavy atom. The lowest BCUT2D eigenvalue weighted by atomic mass is 9.90. The number of halogens is 2. The van der Waals surface area contributed by atoms with Gasteiger partial charge in [0.15, 0.2) is 5.13 Å². The Morgan fingerprint density at radius 2 is 1.90 bits per heavy atom. The van der Waals surface area contributed by atoms with Crippen molar-refractivity contribution in [3.05, 3.63) is 45.4 Å². The van der Waals surface area contributed by atoms with Crippen LogP contribution in [0.15, 0.2) is 24.3 Å². The number of benzene rings is 1. The van der Waals surface area contributed by atoms with Crippen LogP contribution in [0.2, 0.25) is 5.02 Å². The second-order valence-electron chi connectivity index (χ2n) is 5.74. The molecule has 2 rings (SSSR count). The molecule has 1 amide bonds. The molecule has 0 atom stereocenters. The lowest BCUT2D eigenvalue weighted by Gasteiger charge is -2.17. The molecule has 0 bridgehead atoms. The molecule has 0 fully saturated rings. The van der Waals surface area contributed by atoms with E-state index in [0.29, 0.717) is 10.2 Å². The number of carbonyl (C=O) groups is 1. The van der Waals surface area contributed by atoms with Crippen molar-refractivity contribution in [1.29, 1.82) is 0 Å². The highest BCUT2D eigenvalue weighted by molar-refractivity contribution is 7.16. The molecule has 1 aromatic carbocycles. The van der Waals surface area contributed by atoms with E-state index in [1.54, 1.807) is 0 Å². The monoisotopic (exact) mass is 342 g/mol. The molecule has 1 N–H and O–H groups in total. The Hall–Kier alpha value is -1.10. The minimum absolute atomic E-state index is 0.104. The third-order valence-electron chi connectivity index (χ3n) is 2.89. The van der Waals surface area contributed by atoms with Crippen LogP contribution in [-0.4, -0.2) is 10.4 Å². The molecule has 3 nitrogen and oxygen atoms in total. The fourth-order valence-electron chi connectivity index (χ4n) is 1.98. The summed E-state index contributed by atoms with van der Waals surface area (Å²) in [5.41, 5.74) is 2.02. The molecule has 21 heavy (non-hydrogen) atoms. The summed E-state index contributed by atoms with van der Waals surface area (Å²) in [5, 5.41) is 3.17. The van der Waals surface area contributed by atoms with Crippen LogP contribution in [0, 0.1) is 0 Å². The highest BCUT2D eigenvalue weighted by Crippen LogP contribution is 2.34. The average molecular weight is 343 g/mol. The summed E-state index contributed by atoms with van der Waals surface area (Å²) < 4.78 is 0. The first-order valence-corrected chi connectivity index (χ1v) is 8.04. The van der Waals surface area contributed by atoms with Gasteiger partial charge in [0.2, 0.25) is 0 Å². The fourth-order valence-corrected chi connectivity index (χ4v) is 3.46. The van der Waals surface area contributed by atoms with Crippen LogP contribution in [-0.2, 0) is 11.8 Å². The summed E-state index contributed by atoms with van der Waals surface area (Å²) in [7, 11) is 0. The number of nitrogens with one attached hydrogen (secondary N) is 1. The quantitative estimate of drug-likeness (QED) is 0.594.